The molecule has 104 valence electrons. The SMILES string of the molecule is CC(C)(C)NS(=O)(=O)Nc1cccc(C#CCN)c1. The number of nitrogens with two attached hydrogens (primary N) is 1. The molecule has 0 aromatic heterocycles. The summed E-state index contributed by atoms with van der Waals surface area (Å²) in [4.78, 5) is 0. The van der Waals surface area contributed by atoms with Gasteiger partial charge >= 0.3 is 0 Å². The number of hydrogen-bond donors (Lipinski definition) is 3. The van der Waals surface area contributed by atoms with Crippen LogP contribution < -0.4 is 15.2 Å². The molecule has 0 fully saturated rings. The molecule has 4 N–H and O–H groups in total. The summed E-state index contributed by atoms with van der Waals surface area (Å²) >= 11 is 0. The Morgan fingerprint density at radius 2 is 2.00 bits per heavy atom. The molecular formula is C13H19N3O2S. The summed E-state index contributed by atoms with van der Waals surface area (Å²) in [5, 5.41) is 0. The predicted molar refractivity (Wildman–Crippen MR) is 77.8 cm³/mol. The van der Waals surface area contributed by atoms with Crippen molar-refractivity contribution in [2.24, 2.45) is 5.73 Å². The Hall–Kier alpha value is -1.55. The molecule has 0 amide bonds. The third-order valence-corrected chi connectivity index (χ3v) is 3.28. The van der Waals surface area contributed by atoms with E-state index in [4.69, 9.17) is 5.73 Å². The first-order valence-electron chi connectivity index (χ1n) is 5.82. The van der Waals surface area contributed by atoms with E-state index < -0.39 is 15.7 Å². The van der Waals surface area contributed by atoms with Crippen LogP contribution in [0.2, 0.25) is 0 Å². The van der Waals surface area contributed by atoms with Crippen molar-refractivity contribution < 1.29 is 8.42 Å². The number of hydrogen-bond acceptors (Lipinski definition) is 3. The van der Waals surface area contributed by atoms with Crippen LogP contribution in [-0.4, -0.2) is 20.5 Å². The van der Waals surface area contributed by atoms with E-state index in [1.807, 2.05) is 0 Å². The molecule has 0 unspecified atom stereocenters. The maximum atomic E-state index is 11.9. The fourth-order valence-corrected chi connectivity index (χ4v) is 2.69. The molecule has 0 heterocycles. The lowest BCUT2D eigenvalue weighted by atomic mass is 10.1. The Kier molecular flexibility index (Phi) is 4.95. The van der Waals surface area contributed by atoms with Gasteiger partial charge in [-0.1, -0.05) is 17.9 Å². The normalized spacial score (nSPS) is 11.6. The molecule has 0 saturated heterocycles. The highest BCUT2D eigenvalue weighted by molar-refractivity contribution is 7.90. The Bertz CT molecular complexity index is 592. The van der Waals surface area contributed by atoms with Crippen LogP contribution in [0.4, 0.5) is 5.69 Å². The molecule has 0 spiro atoms. The van der Waals surface area contributed by atoms with Gasteiger partial charge in [0.1, 0.15) is 0 Å². The fourth-order valence-electron chi connectivity index (χ4n) is 1.40. The second-order valence-corrected chi connectivity index (χ2v) is 6.46. The summed E-state index contributed by atoms with van der Waals surface area (Å²) in [6.07, 6.45) is 0. The zero-order valence-corrected chi connectivity index (χ0v) is 12.1. The van der Waals surface area contributed by atoms with E-state index in [0.29, 0.717) is 11.3 Å². The smallest absolute Gasteiger partial charge is 0.299 e. The van der Waals surface area contributed by atoms with Crippen molar-refractivity contribution >= 4 is 15.9 Å². The monoisotopic (exact) mass is 281 g/mol. The first kappa shape index (κ1) is 15.5. The van der Waals surface area contributed by atoms with Gasteiger partial charge in [-0.05, 0) is 39.0 Å². The summed E-state index contributed by atoms with van der Waals surface area (Å²) in [5.74, 6) is 5.57. The molecule has 0 atom stereocenters. The molecular weight excluding hydrogens is 262 g/mol. The highest BCUT2D eigenvalue weighted by Gasteiger charge is 2.19. The fraction of sp³-hybridized carbons (Fsp3) is 0.385. The van der Waals surface area contributed by atoms with E-state index in [-0.39, 0.29) is 6.54 Å². The van der Waals surface area contributed by atoms with Gasteiger partial charge in [0, 0.05) is 11.1 Å². The van der Waals surface area contributed by atoms with Crippen LogP contribution in [-0.2, 0) is 10.2 Å². The average molecular weight is 281 g/mol. The quantitative estimate of drug-likeness (QED) is 0.724. The Balaban J connectivity index is 2.88. The molecule has 0 bridgehead atoms. The molecule has 1 aromatic rings. The van der Waals surface area contributed by atoms with Crippen molar-refractivity contribution in [2.45, 2.75) is 26.3 Å². The van der Waals surface area contributed by atoms with E-state index in [1.54, 1.807) is 45.0 Å². The summed E-state index contributed by atoms with van der Waals surface area (Å²) in [5.41, 5.74) is 5.92. The second kappa shape index (κ2) is 6.06. The van der Waals surface area contributed by atoms with Gasteiger partial charge in [0.15, 0.2) is 0 Å². The molecule has 0 aliphatic carbocycles. The van der Waals surface area contributed by atoms with Crippen LogP contribution in [0.25, 0.3) is 0 Å². The second-order valence-electron chi connectivity index (χ2n) is 5.04. The highest BCUT2D eigenvalue weighted by Crippen LogP contribution is 2.12. The topological polar surface area (TPSA) is 84.2 Å². The Morgan fingerprint density at radius 3 is 2.58 bits per heavy atom. The Morgan fingerprint density at radius 1 is 1.32 bits per heavy atom. The minimum Gasteiger partial charge on any atom is -0.320 e. The lowest BCUT2D eigenvalue weighted by molar-refractivity contribution is 0.494. The van der Waals surface area contributed by atoms with Gasteiger partial charge < -0.3 is 5.73 Å². The average Bonchev–Trinajstić information content (AvgIpc) is 2.22. The third kappa shape index (κ3) is 6.25. The molecule has 0 aliphatic heterocycles. The molecule has 6 heteroatoms. The van der Waals surface area contributed by atoms with Crippen LogP contribution in [0, 0.1) is 11.8 Å². The van der Waals surface area contributed by atoms with Gasteiger partial charge in [0.2, 0.25) is 0 Å². The van der Waals surface area contributed by atoms with Crippen LogP contribution >= 0.6 is 0 Å². The summed E-state index contributed by atoms with van der Waals surface area (Å²) in [7, 11) is -3.60. The standard InChI is InChI=1S/C13H19N3O2S/c1-13(2,3)16-19(17,18)15-12-8-4-6-11(10-12)7-5-9-14/h4,6,8,10,15-16H,9,14H2,1-3H3. The van der Waals surface area contributed by atoms with E-state index in [1.165, 1.54) is 0 Å². The number of nitrogens with one attached hydrogen (secondary N) is 2. The zero-order chi connectivity index (χ0) is 14.5. The van der Waals surface area contributed by atoms with Crippen molar-refractivity contribution in [2.75, 3.05) is 11.3 Å². The van der Waals surface area contributed by atoms with E-state index in [9.17, 15) is 8.42 Å². The third-order valence-electron chi connectivity index (χ3n) is 1.89. The predicted octanol–water partition coefficient (Wildman–Crippen LogP) is 1.04. The van der Waals surface area contributed by atoms with Gasteiger partial charge in [-0.3, -0.25) is 4.72 Å². The maximum Gasteiger partial charge on any atom is 0.299 e. The first-order chi connectivity index (χ1) is 8.72. The van der Waals surface area contributed by atoms with Crippen molar-refractivity contribution in [3.05, 3.63) is 29.8 Å². The first-order valence-corrected chi connectivity index (χ1v) is 7.31. The molecule has 1 rings (SSSR count). The lowest BCUT2D eigenvalue weighted by Crippen LogP contribution is -2.43. The van der Waals surface area contributed by atoms with Crippen LogP contribution in [0.15, 0.2) is 24.3 Å². The summed E-state index contributed by atoms with van der Waals surface area (Å²) < 4.78 is 28.7. The number of benzene rings is 1. The van der Waals surface area contributed by atoms with Crippen molar-refractivity contribution in [3.63, 3.8) is 0 Å². The molecule has 0 aliphatic rings. The minimum absolute atomic E-state index is 0.265. The van der Waals surface area contributed by atoms with Gasteiger partial charge in [-0.2, -0.15) is 13.1 Å². The molecule has 0 saturated carbocycles. The van der Waals surface area contributed by atoms with Gasteiger partial charge in [-0.25, -0.2) is 0 Å². The minimum atomic E-state index is -3.60. The van der Waals surface area contributed by atoms with Crippen LogP contribution in [0.1, 0.15) is 26.3 Å². The maximum absolute atomic E-state index is 11.9. The molecule has 0 radical (unpaired) electrons. The highest BCUT2D eigenvalue weighted by atomic mass is 32.2. The van der Waals surface area contributed by atoms with Gasteiger partial charge in [0.05, 0.1) is 12.2 Å². The Labute approximate surface area is 114 Å². The van der Waals surface area contributed by atoms with E-state index in [2.05, 4.69) is 21.3 Å². The summed E-state index contributed by atoms with van der Waals surface area (Å²) in [6, 6.07) is 6.84. The summed E-state index contributed by atoms with van der Waals surface area (Å²) in [6.45, 7) is 5.58. The number of anilines is 1. The van der Waals surface area contributed by atoms with Crippen molar-refractivity contribution in [3.8, 4) is 11.8 Å². The van der Waals surface area contributed by atoms with Gasteiger partial charge in [0.25, 0.3) is 10.2 Å². The molecule has 5 nitrogen and oxygen atoms in total. The lowest BCUT2D eigenvalue weighted by Gasteiger charge is -2.20. The zero-order valence-electron chi connectivity index (χ0n) is 11.3. The van der Waals surface area contributed by atoms with E-state index >= 15 is 0 Å². The largest absolute Gasteiger partial charge is 0.320 e. The van der Waals surface area contributed by atoms with E-state index in [0.717, 1.165) is 0 Å². The van der Waals surface area contributed by atoms with Crippen molar-refractivity contribution in [1.82, 2.24) is 4.72 Å². The molecule has 19 heavy (non-hydrogen) atoms. The van der Waals surface area contributed by atoms with Crippen LogP contribution in [0.5, 0.6) is 0 Å². The van der Waals surface area contributed by atoms with Crippen molar-refractivity contribution in [1.29, 1.82) is 0 Å². The molecule has 1 aromatic carbocycles. The van der Waals surface area contributed by atoms with Gasteiger partial charge in [-0.15, -0.1) is 0 Å². The van der Waals surface area contributed by atoms with Crippen LogP contribution in [0.3, 0.4) is 0 Å². The number of rotatable bonds is 3.